The van der Waals surface area contributed by atoms with E-state index in [1.807, 2.05) is 18.2 Å². The molecule has 3 heterocycles. The van der Waals surface area contributed by atoms with Crippen molar-refractivity contribution in [2.24, 2.45) is 0 Å². The van der Waals surface area contributed by atoms with Crippen LogP contribution < -0.4 is 0 Å². The lowest BCUT2D eigenvalue weighted by Gasteiger charge is -2.33. The minimum Gasteiger partial charge on any atom is -0.295 e. The molecule has 1 saturated heterocycles. The second-order valence-electron chi connectivity index (χ2n) is 7.80. The van der Waals surface area contributed by atoms with Crippen molar-refractivity contribution in [2.75, 3.05) is 26.2 Å². The molecular weight excluding hydrogens is 390 g/mol. The van der Waals surface area contributed by atoms with E-state index in [1.54, 1.807) is 11.3 Å². The second-order valence-corrected chi connectivity index (χ2v) is 8.66. The molecule has 1 aliphatic rings. The summed E-state index contributed by atoms with van der Waals surface area (Å²) < 4.78 is 0. The van der Waals surface area contributed by atoms with Gasteiger partial charge in [-0.15, -0.1) is 11.3 Å². The zero-order valence-electron chi connectivity index (χ0n) is 17.2. The van der Waals surface area contributed by atoms with E-state index in [0.29, 0.717) is 0 Å². The van der Waals surface area contributed by atoms with Crippen molar-refractivity contribution >= 4 is 22.2 Å². The summed E-state index contributed by atoms with van der Waals surface area (Å²) in [6.07, 6.45) is 0. The maximum absolute atomic E-state index is 4.84. The number of aryl methyl sites for hydroxylation is 1. The number of hydrogen-bond donors (Lipinski definition) is 0. The van der Waals surface area contributed by atoms with Crippen molar-refractivity contribution in [1.29, 1.82) is 0 Å². The Morgan fingerprint density at radius 1 is 0.800 bits per heavy atom. The summed E-state index contributed by atoms with van der Waals surface area (Å²) in [5, 5.41) is 4.44. The van der Waals surface area contributed by atoms with Crippen LogP contribution in [0.4, 0.5) is 0 Å². The van der Waals surface area contributed by atoms with E-state index < -0.39 is 0 Å². The minimum atomic E-state index is 0.814. The third kappa shape index (κ3) is 4.26. The molecule has 0 radical (unpaired) electrons. The van der Waals surface area contributed by atoms with Gasteiger partial charge in [0, 0.05) is 54.7 Å². The summed E-state index contributed by atoms with van der Waals surface area (Å²) in [5.41, 5.74) is 4.47. The van der Waals surface area contributed by atoms with Gasteiger partial charge in [0.2, 0.25) is 0 Å². The molecule has 1 fully saturated rings. The van der Waals surface area contributed by atoms with Crippen molar-refractivity contribution in [2.45, 2.75) is 20.0 Å². The third-order valence-electron chi connectivity index (χ3n) is 5.63. The van der Waals surface area contributed by atoms with E-state index >= 15 is 0 Å². The number of rotatable bonds is 5. The first-order valence-electron chi connectivity index (χ1n) is 10.4. The van der Waals surface area contributed by atoms with Crippen molar-refractivity contribution in [3.63, 3.8) is 0 Å². The molecule has 5 rings (SSSR count). The largest absolute Gasteiger partial charge is 0.295 e. The molecule has 0 aliphatic carbocycles. The predicted octanol–water partition coefficient (Wildman–Crippen LogP) is 4.38. The Bertz CT molecular complexity index is 1130. The fourth-order valence-corrected chi connectivity index (χ4v) is 4.81. The molecule has 0 N–H and O–H groups in total. The number of thiazole rings is 1. The van der Waals surface area contributed by atoms with E-state index in [9.17, 15) is 0 Å². The molecule has 0 bridgehead atoms. The highest BCUT2D eigenvalue weighted by Crippen LogP contribution is 2.24. The molecule has 0 unspecified atom stereocenters. The fourth-order valence-electron chi connectivity index (χ4n) is 3.99. The Hall–Kier alpha value is -2.67. The molecule has 0 atom stereocenters. The summed E-state index contributed by atoms with van der Waals surface area (Å²) in [5.74, 6) is 0.923. The maximum Gasteiger partial charge on any atom is 0.143 e. The quantitative estimate of drug-likeness (QED) is 0.484. The molecule has 0 amide bonds. The van der Waals surface area contributed by atoms with Crippen LogP contribution in [-0.2, 0) is 13.1 Å². The number of nitrogens with zero attached hydrogens (tertiary/aromatic N) is 5. The van der Waals surface area contributed by atoms with Crippen molar-refractivity contribution in [3.8, 4) is 10.6 Å². The highest BCUT2D eigenvalue weighted by atomic mass is 32.1. The Labute approximate surface area is 181 Å². The summed E-state index contributed by atoms with van der Waals surface area (Å²) in [4.78, 5) is 19.3. The zero-order chi connectivity index (χ0) is 20.3. The highest BCUT2D eigenvalue weighted by molar-refractivity contribution is 7.13. The standard InChI is InChI=1S/C24H25N5S/c1-18-21-9-5-6-10-22(21)27-23(25-18)16-29-13-11-28(12-14-29)15-20-17-30-24(26-20)19-7-3-2-4-8-19/h2-10,17H,11-16H2,1H3. The summed E-state index contributed by atoms with van der Waals surface area (Å²) in [6, 6.07) is 18.7. The number of aromatic nitrogens is 3. The molecule has 2 aromatic heterocycles. The lowest BCUT2D eigenvalue weighted by atomic mass is 10.2. The molecule has 30 heavy (non-hydrogen) atoms. The van der Waals surface area contributed by atoms with Gasteiger partial charge >= 0.3 is 0 Å². The van der Waals surface area contributed by atoms with Crippen LogP contribution in [0.5, 0.6) is 0 Å². The van der Waals surface area contributed by atoms with Gasteiger partial charge in [-0.1, -0.05) is 48.5 Å². The van der Waals surface area contributed by atoms with Crippen molar-refractivity contribution in [1.82, 2.24) is 24.8 Å². The van der Waals surface area contributed by atoms with Gasteiger partial charge in [-0.2, -0.15) is 0 Å². The molecular formula is C24H25N5S. The number of benzene rings is 2. The maximum atomic E-state index is 4.84. The number of piperazine rings is 1. The van der Waals surface area contributed by atoms with Gasteiger partial charge in [-0.05, 0) is 13.0 Å². The fraction of sp³-hybridized carbons (Fsp3) is 0.292. The van der Waals surface area contributed by atoms with Crippen LogP contribution in [-0.4, -0.2) is 50.9 Å². The Balaban J connectivity index is 1.18. The SMILES string of the molecule is Cc1nc(CN2CCN(Cc3csc(-c4ccccc4)n3)CC2)nc2ccccc12. The number of fused-ring (bicyclic) bond motifs is 1. The van der Waals surface area contributed by atoms with Gasteiger partial charge in [-0.3, -0.25) is 9.80 Å². The van der Waals surface area contributed by atoms with Gasteiger partial charge < -0.3 is 0 Å². The van der Waals surface area contributed by atoms with Gasteiger partial charge in [-0.25, -0.2) is 15.0 Å². The minimum absolute atomic E-state index is 0.814. The molecule has 0 saturated carbocycles. The lowest BCUT2D eigenvalue weighted by Crippen LogP contribution is -2.45. The third-order valence-corrected chi connectivity index (χ3v) is 6.57. The van der Waals surface area contributed by atoms with Crippen LogP contribution in [0.3, 0.4) is 0 Å². The normalized spacial score (nSPS) is 15.6. The van der Waals surface area contributed by atoms with Crippen LogP contribution in [0.15, 0.2) is 60.0 Å². The van der Waals surface area contributed by atoms with Crippen LogP contribution in [0.25, 0.3) is 21.5 Å². The molecule has 4 aromatic rings. The molecule has 152 valence electrons. The van der Waals surface area contributed by atoms with E-state index in [-0.39, 0.29) is 0 Å². The van der Waals surface area contributed by atoms with E-state index in [1.165, 1.54) is 11.3 Å². The average Bonchev–Trinajstić information content (AvgIpc) is 3.24. The van der Waals surface area contributed by atoms with Crippen LogP contribution in [0.2, 0.25) is 0 Å². The van der Waals surface area contributed by atoms with Crippen molar-refractivity contribution < 1.29 is 0 Å². The first kappa shape index (κ1) is 19.3. The molecule has 0 spiro atoms. The smallest absolute Gasteiger partial charge is 0.143 e. The monoisotopic (exact) mass is 415 g/mol. The van der Waals surface area contributed by atoms with Gasteiger partial charge in [0.05, 0.1) is 17.8 Å². The van der Waals surface area contributed by atoms with Crippen LogP contribution in [0, 0.1) is 6.92 Å². The average molecular weight is 416 g/mol. The lowest BCUT2D eigenvalue weighted by molar-refractivity contribution is 0.119. The highest BCUT2D eigenvalue weighted by Gasteiger charge is 2.19. The predicted molar refractivity (Wildman–Crippen MR) is 122 cm³/mol. The van der Waals surface area contributed by atoms with Gasteiger partial charge in [0.15, 0.2) is 0 Å². The number of hydrogen-bond acceptors (Lipinski definition) is 6. The summed E-state index contributed by atoms with van der Waals surface area (Å²) in [6.45, 7) is 7.96. The molecule has 6 heteroatoms. The van der Waals surface area contributed by atoms with E-state index in [4.69, 9.17) is 15.0 Å². The van der Waals surface area contributed by atoms with Crippen LogP contribution in [0.1, 0.15) is 17.2 Å². The van der Waals surface area contributed by atoms with Crippen LogP contribution >= 0.6 is 11.3 Å². The Morgan fingerprint density at radius 2 is 1.50 bits per heavy atom. The second kappa shape index (κ2) is 8.60. The molecule has 5 nitrogen and oxygen atoms in total. The van der Waals surface area contributed by atoms with Crippen molar-refractivity contribution in [3.05, 3.63) is 77.2 Å². The Kier molecular flexibility index (Phi) is 5.53. The molecule has 1 aliphatic heterocycles. The summed E-state index contributed by atoms with van der Waals surface area (Å²) in [7, 11) is 0. The number of para-hydroxylation sites is 1. The zero-order valence-corrected chi connectivity index (χ0v) is 18.0. The first-order valence-corrected chi connectivity index (χ1v) is 11.3. The molecule has 2 aromatic carbocycles. The van der Waals surface area contributed by atoms with Gasteiger partial charge in [0.1, 0.15) is 10.8 Å². The van der Waals surface area contributed by atoms with E-state index in [2.05, 4.69) is 58.5 Å². The van der Waals surface area contributed by atoms with E-state index in [0.717, 1.165) is 66.7 Å². The first-order chi connectivity index (χ1) is 14.7. The Morgan fingerprint density at radius 3 is 2.30 bits per heavy atom. The van der Waals surface area contributed by atoms with Gasteiger partial charge in [0.25, 0.3) is 0 Å². The summed E-state index contributed by atoms with van der Waals surface area (Å²) >= 11 is 1.73. The topological polar surface area (TPSA) is 45.2 Å².